The summed E-state index contributed by atoms with van der Waals surface area (Å²) >= 11 is 0. The van der Waals surface area contributed by atoms with Crippen LogP contribution < -0.4 is 4.74 Å². The maximum atomic E-state index is 10.2. The lowest BCUT2D eigenvalue weighted by molar-refractivity contribution is 0.00768. The third-order valence-electron chi connectivity index (χ3n) is 8.37. The van der Waals surface area contributed by atoms with Crippen molar-refractivity contribution in [2.75, 3.05) is 13.7 Å². The van der Waals surface area contributed by atoms with Crippen LogP contribution in [0.25, 0.3) is 0 Å². The van der Waals surface area contributed by atoms with Gasteiger partial charge in [0.2, 0.25) is 0 Å². The van der Waals surface area contributed by atoms with Crippen LogP contribution in [0, 0.1) is 29.1 Å². The Kier molecular flexibility index (Phi) is 4.71. The molecule has 4 rings (SSSR count). The Bertz CT molecular complexity index is 670. The number of aliphatic hydroxyl groups excluding tert-OH is 1. The number of fused-ring (bicyclic) bond motifs is 5. The number of methoxy groups -OCH3 is 1. The van der Waals surface area contributed by atoms with Gasteiger partial charge in [0.25, 0.3) is 0 Å². The van der Waals surface area contributed by atoms with Crippen LogP contribution >= 0.6 is 0 Å². The number of ether oxygens (including phenoxy) is 1. The molecule has 3 heteroatoms. The van der Waals surface area contributed by atoms with Gasteiger partial charge in [0.1, 0.15) is 0 Å². The minimum atomic E-state index is 0.282. The summed E-state index contributed by atoms with van der Waals surface area (Å²) in [5, 5.41) is 19.6. The molecule has 0 radical (unpaired) electrons. The van der Waals surface area contributed by atoms with Gasteiger partial charge in [-0.3, -0.25) is 0 Å². The fourth-order valence-corrected chi connectivity index (χ4v) is 7.13. The maximum Gasteiger partial charge on any atom is 0.160 e. The number of phenols is 1. The largest absolute Gasteiger partial charge is 0.504 e. The van der Waals surface area contributed by atoms with Crippen LogP contribution in [0.4, 0.5) is 0 Å². The molecule has 2 fully saturated rings. The van der Waals surface area contributed by atoms with Gasteiger partial charge in [-0.15, -0.1) is 0 Å². The van der Waals surface area contributed by atoms with Crippen LogP contribution in [0.5, 0.6) is 11.5 Å². The lowest BCUT2D eigenvalue weighted by Gasteiger charge is -2.52. The molecule has 0 spiro atoms. The number of rotatable bonds is 4. The molecule has 0 aliphatic heterocycles. The van der Waals surface area contributed by atoms with E-state index >= 15 is 0 Å². The van der Waals surface area contributed by atoms with Gasteiger partial charge in [0.05, 0.1) is 7.11 Å². The highest BCUT2D eigenvalue weighted by Crippen LogP contribution is 2.64. The predicted octanol–water partition coefficient (Wildman–Crippen LogP) is 4.89. The SMILES string of the molecule is COc1cc2c(cc1O)CCC1C2CC[C@@]2(C)C1CCC2[C@H](C)CCO. The third kappa shape index (κ3) is 2.66. The number of phenolic OH excluding ortho intramolecular Hbond substituents is 1. The summed E-state index contributed by atoms with van der Waals surface area (Å²) in [6, 6.07) is 4.06. The standard InChI is InChI=1S/C23H34O3/c1-14(9-11-24)19-6-7-20-17-5-4-15-12-21(25)22(26-3)13-18(15)16(17)8-10-23(19,20)2/h12-14,16-17,19-20,24-25H,4-11H2,1-3H3/t14-,16?,17?,19?,20?,23-/m1/s1. The van der Waals surface area contributed by atoms with E-state index in [0.29, 0.717) is 29.6 Å². The maximum absolute atomic E-state index is 10.2. The van der Waals surface area contributed by atoms with Crippen molar-refractivity contribution in [1.82, 2.24) is 0 Å². The highest BCUT2D eigenvalue weighted by molar-refractivity contribution is 5.49. The minimum Gasteiger partial charge on any atom is -0.504 e. The third-order valence-corrected chi connectivity index (χ3v) is 8.37. The molecule has 0 saturated heterocycles. The highest BCUT2D eigenvalue weighted by atomic mass is 16.5. The topological polar surface area (TPSA) is 49.7 Å². The summed E-state index contributed by atoms with van der Waals surface area (Å²) in [5.74, 6) is 4.49. The molecule has 144 valence electrons. The van der Waals surface area contributed by atoms with E-state index in [1.165, 1.54) is 43.2 Å². The lowest BCUT2D eigenvalue weighted by atomic mass is 9.53. The molecule has 3 aliphatic rings. The predicted molar refractivity (Wildman–Crippen MR) is 104 cm³/mol. The second kappa shape index (κ2) is 6.74. The number of hydrogen-bond acceptors (Lipinski definition) is 3. The second-order valence-electron chi connectivity index (χ2n) is 9.36. The van der Waals surface area contributed by atoms with Crippen LogP contribution in [0.15, 0.2) is 12.1 Å². The normalized spacial score (nSPS) is 36.8. The summed E-state index contributed by atoms with van der Waals surface area (Å²) in [5.41, 5.74) is 3.20. The number of hydrogen-bond donors (Lipinski definition) is 2. The zero-order chi connectivity index (χ0) is 18.5. The van der Waals surface area contributed by atoms with E-state index in [0.717, 1.165) is 30.6 Å². The summed E-state index contributed by atoms with van der Waals surface area (Å²) in [4.78, 5) is 0. The van der Waals surface area contributed by atoms with E-state index in [4.69, 9.17) is 4.74 Å². The van der Waals surface area contributed by atoms with E-state index in [9.17, 15) is 10.2 Å². The molecule has 1 aromatic rings. The van der Waals surface area contributed by atoms with Crippen molar-refractivity contribution in [1.29, 1.82) is 0 Å². The van der Waals surface area contributed by atoms with Crippen molar-refractivity contribution < 1.29 is 14.9 Å². The summed E-state index contributed by atoms with van der Waals surface area (Å²) in [7, 11) is 1.64. The van der Waals surface area contributed by atoms with Crippen molar-refractivity contribution >= 4 is 0 Å². The Morgan fingerprint density at radius 2 is 2.04 bits per heavy atom. The first-order chi connectivity index (χ1) is 12.5. The zero-order valence-electron chi connectivity index (χ0n) is 16.5. The zero-order valence-corrected chi connectivity index (χ0v) is 16.5. The second-order valence-corrected chi connectivity index (χ2v) is 9.36. The van der Waals surface area contributed by atoms with Crippen LogP contribution in [0.3, 0.4) is 0 Å². The molecule has 2 N–H and O–H groups in total. The molecule has 2 saturated carbocycles. The van der Waals surface area contributed by atoms with Gasteiger partial charge in [-0.1, -0.05) is 13.8 Å². The van der Waals surface area contributed by atoms with Gasteiger partial charge in [0, 0.05) is 6.61 Å². The molecular formula is C23H34O3. The van der Waals surface area contributed by atoms with Gasteiger partial charge in [-0.25, -0.2) is 0 Å². The molecule has 0 aromatic heterocycles. The Labute approximate surface area is 157 Å². The van der Waals surface area contributed by atoms with Crippen LogP contribution in [-0.4, -0.2) is 23.9 Å². The monoisotopic (exact) mass is 358 g/mol. The average Bonchev–Trinajstić information content (AvgIpc) is 2.98. The molecule has 0 bridgehead atoms. The van der Waals surface area contributed by atoms with Crippen molar-refractivity contribution in [2.24, 2.45) is 29.1 Å². The highest BCUT2D eigenvalue weighted by Gasteiger charge is 2.55. The molecule has 0 amide bonds. The molecule has 4 unspecified atom stereocenters. The number of aryl methyl sites for hydroxylation is 1. The van der Waals surface area contributed by atoms with Crippen molar-refractivity contribution in [2.45, 2.75) is 64.7 Å². The summed E-state index contributed by atoms with van der Waals surface area (Å²) in [6.07, 6.45) is 8.51. The van der Waals surface area contributed by atoms with Gasteiger partial charge >= 0.3 is 0 Å². The minimum absolute atomic E-state index is 0.282. The molecule has 3 nitrogen and oxygen atoms in total. The Balaban J connectivity index is 1.63. The van der Waals surface area contributed by atoms with Crippen molar-refractivity contribution in [3.8, 4) is 11.5 Å². The van der Waals surface area contributed by atoms with Crippen LogP contribution in [0.1, 0.15) is 69.4 Å². The quantitative estimate of drug-likeness (QED) is 0.805. The van der Waals surface area contributed by atoms with E-state index in [1.807, 2.05) is 6.07 Å². The van der Waals surface area contributed by atoms with E-state index in [2.05, 4.69) is 19.9 Å². The summed E-state index contributed by atoms with van der Waals surface area (Å²) in [6.45, 7) is 5.22. The first-order valence-electron chi connectivity index (χ1n) is 10.5. The van der Waals surface area contributed by atoms with Gasteiger partial charge in [-0.2, -0.15) is 0 Å². The molecule has 3 aliphatic carbocycles. The summed E-state index contributed by atoms with van der Waals surface area (Å²) < 4.78 is 5.40. The smallest absolute Gasteiger partial charge is 0.160 e. The van der Waals surface area contributed by atoms with Gasteiger partial charge < -0.3 is 14.9 Å². The Hall–Kier alpha value is -1.22. The van der Waals surface area contributed by atoms with Crippen molar-refractivity contribution in [3.63, 3.8) is 0 Å². The Morgan fingerprint density at radius 1 is 1.23 bits per heavy atom. The number of benzene rings is 1. The molecule has 6 atom stereocenters. The number of aromatic hydroxyl groups is 1. The fraction of sp³-hybridized carbons (Fsp3) is 0.739. The molecule has 1 aromatic carbocycles. The van der Waals surface area contributed by atoms with Crippen molar-refractivity contribution in [3.05, 3.63) is 23.3 Å². The Morgan fingerprint density at radius 3 is 2.77 bits per heavy atom. The molecule has 0 heterocycles. The lowest BCUT2D eigenvalue weighted by Crippen LogP contribution is -2.43. The first kappa shape index (κ1) is 18.2. The van der Waals surface area contributed by atoms with Gasteiger partial charge in [0.15, 0.2) is 11.5 Å². The molecular weight excluding hydrogens is 324 g/mol. The molecule has 26 heavy (non-hydrogen) atoms. The average molecular weight is 359 g/mol. The number of aliphatic hydroxyl groups is 1. The van der Waals surface area contributed by atoms with E-state index in [-0.39, 0.29) is 5.75 Å². The van der Waals surface area contributed by atoms with Crippen LogP contribution in [0.2, 0.25) is 0 Å². The first-order valence-corrected chi connectivity index (χ1v) is 10.5. The van der Waals surface area contributed by atoms with E-state index < -0.39 is 0 Å². The van der Waals surface area contributed by atoms with Crippen LogP contribution in [-0.2, 0) is 6.42 Å². The van der Waals surface area contributed by atoms with Gasteiger partial charge in [-0.05, 0) is 103 Å². The fourth-order valence-electron chi connectivity index (χ4n) is 7.13. The van der Waals surface area contributed by atoms with E-state index in [1.54, 1.807) is 7.11 Å².